The van der Waals surface area contributed by atoms with Gasteiger partial charge in [-0.1, -0.05) is 0 Å². The predicted octanol–water partition coefficient (Wildman–Crippen LogP) is -1.00. The minimum Gasteiger partial charge on any atom is -0.412 e. The minimum atomic E-state index is -0.769. The van der Waals surface area contributed by atoms with Crippen molar-refractivity contribution in [1.29, 1.82) is 0 Å². The third kappa shape index (κ3) is 13.8. The van der Waals surface area contributed by atoms with Crippen LogP contribution in [0.5, 0.6) is 0 Å². The van der Waals surface area contributed by atoms with E-state index in [1.807, 2.05) is 0 Å². The van der Waals surface area contributed by atoms with Crippen molar-refractivity contribution in [2.24, 2.45) is 0 Å². The Labute approximate surface area is 90.4 Å². The van der Waals surface area contributed by atoms with Crippen LogP contribution in [-0.4, -0.2) is 56.9 Å². The van der Waals surface area contributed by atoms with Gasteiger partial charge in [-0.3, -0.25) is 0 Å². The molecule has 2 atom stereocenters. The first-order chi connectivity index (χ1) is 7.13. The van der Waals surface area contributed by atoms with Crippen molar-refractivity contribution in [3.8, 4) is 0 Å². The molecule has 0 fully saturated rings. The highest BCUT2D eigenvalue weighted by Crippen LogP contribution is 1.86. The molecule has 0 aliphatic rings. The second-order valence-electron chi connectivity index (χ2n) is 2.87. The highest BCUT2D eigenvalue weighted by atomic mass is 16.6. The van der Waals surface area contributed by atoms with Crippen molar-refractivity contribution < 1.29 is 29.0 Å². The molecule has 0 aliphatic heterocycles. The number of rotatable bonds is 10. The van der Waals surface area contributed by atoms with E-state index in [1.54, 1.807) is 0 Å². The molecule has 0 bridgehead atoms. The van der Waals surface area contributed by atoms with Crippen LogP contribution < -0.4 is 0 Å². The second kappa shape index (κ2) is 10.3. The van der Waals surface area contributed by atoms with E-state index >= 15 is 0 Å². The molecule has 0 aromatic heterocycles. The molecule has 6 nitrogen and oxygen atoms in total. The molecule has 0 aliphatic carbocycles. The summed E-state index contributed by atoms with van der Waals surface area (Å²) in [6.45, 7) is 4.44. The molecule has 0 saturated carbocycles. The molecular weight excluding hydrogens is 203 g/mol. The van der Waals surface area contributed by atoms with Crippen LogP contribution in [0.1, 0.15) is 13.8 Å². The van der Waals surface area contributed by atoms with E-state index in [0.717, 1.165) is 0 Å². The fourth-order valence-corrected chi connectivity index (χ4v) is 0.732. The molecule has 0 rings (SSSR count). The highest BCUT2D eigenvalue weighted by Gasteiger charge is 1.97. The molecule has 0 aromatic rings. The zero-order valence-corrected chi connectivity index (χ0v) is 9.22. The number of ether oxygens (including phenoxy) is 2. The number of hydrogen-bond donors (Lipinski definition) is 2. The average molecular weight is 222 g/mol. The maximum absolute atomic E-state index is 8.73. The van der Waals surface area contributed by atoms with Crippen LogP contribution >= 0.6 is 0 Å². The molecule has 2 unspecified atom stereocenters. The van der Waals surface area contributed by atoms with Gasteiger partial charge in [-0.05, 0) is 13.8 Å². The predicted molar refractivity (Wildman–Crippen MR) is 54.3 cm³/mol. The van der Waals surface area contributed by atoms with Crippen LogP contribution in [0.3, 0.4) is 0 Å². The van der Waals surface area contributed by atoms with Gasteiger partial charge in [-0.15, -0.1) is 0 Å². The van der Waals surface area contributed by atoms with Gasteiger partial charge in [0.05, 0.1) is 26.4 Å². The Morgan fingerprint density at radius 2 is 1.27 bits per heavy atom. The summed E-state index contributed by atoms with van der Waals surface area (Å²) < 4.78 is 19.7. The molecule has 15 heavy (non-hydrogen) atoms. The summed E-state index contributed by atoms with van der Waals surface area (Å²) >= 11 is 0. The third-order valence-electron chi connectivity index (χ3n) is 1.34. The van der Waals surface area contributed by atoms with Gasteiger partial charge >= 0.3 is 7.69 Å². The molecule has 0 saturated heterocycles. The second-order valence-corrected chi connectivity index (χ2v) is 2.87. The summed E-state index contributed by atoms with van der Waals surface area (Å²) in [4.78, 5) is 0. The van der Waals surface area contributed by atoms with Crippen molar-refractivity contribution in [2.45, 2.75) is 26.4 Å². The Morgan fingerprint density at radius 3 is 1.60 bits per heavy atom. The smallest absolute Gasteiger partial charge is 0.412 e. The number of aliphatic hydroxyl groups is 2. The quantitative estimate of drug-likeness (QED) is 0.280. The van der Waals surface area contributed by atoms with Crippen molar-refractivity contribution in [2.75, 3.05) is 26.4 Å². The fraction of sp³-hybridized carbons (Fsp3) is 1.00. The van der Waals surface area contributed by atoms with Crippen molar-refractivity contribution >= 4 is 7.69 Å². The van der Waals surface area contributed by atoms with Gasteiger partial charge in [0.25, 0.3) is 0 Å². The first-order valence-electron chi connectivity index (χ1n) is 4.87. The lowest BCUT2D eigenvalue weighted by molar-refractivity contribution is -0.0956. The summed E-state index contributed by atoms with van der Waals surface area (Å²) in [5.74, 6) is 0. The number of hydrogen-bond acceptors (Lipinski definition) is 6. The molecule has 7 heteroatoms. The van der Waals surface area contributed by atoms with Gasteiger partial charge in [0.1, 0.15) is 0 Å². The van der Waals surface area contributed by atoms with E-state index in [0.29, 0.717) is 26.4 Å². The van der Waals surface area contributed by atoms with Crippen LogP contribution in [0.15, 0.2) is 0 Å². The van der Waals surface area contributed by atoms with Gasteiger partial charge in [0, 0.05) is 0 Å². The molecular formula is C8H19BO6. The Kier molecular flexibility index (Phi) is 10.2. The molecule has 2 N–H and O–H groups in total. The van der Waals surface area contributed by atoms with Crippen molar-refractivity contribution in [3.63, 3.8) is 0 Å². The van der Waals surface area contributed by atoms with Crippen LogP contribution in [0.2, 0.25) is 0 Å². The zero-order valence-electron chi connectivity index (χ0n) is 9.22. The van der Waals surface area contributed by atoms with Crippen LogP contribution in [0.25, 0.3) is 0 Å². The van der Waals surface area contributed by atoms with Crippen molar-refractivity contribution in [3.05, 3.63) is 0 Å². The van der Waals surface area contributed by atoms with Crippen LogP contribution in [-0.2, 0) is 18.8 Å². The summed E-state index contributed by atoms with van der Waals surface area (Å²) in [6.07, 6.45) is -1.54. The van der Waals surface area contributed by atoms with Gasteiger partial charge in [-0.25, -0.2) is 0 Å². The van der Waals surface area contributed by atoms with E-state index < -0.39 is 12.6 Å². The third-order valence-corrected chi connectivity index (χ3v) is 1.34. The molecule has 0 heterocycles. The first kappa shape index (κ1) is 14.8. The lowest BCUT2D eigenvalue weighted by Gasteiger charge is -2.08. The molecule has 90 valence electrons. The average Bonchev–Trinajstić information content (AvgIpc) is 2.14. The molecule has 0 radical (unpaired) electrons. The number of aliphatic hydroxyl groups excluding tert-OH is 2. The maximum Gasteiger partial charge on any atom is 0.438 e. The monoisotopic (exact) mass is 222 g/mol. The SMILES string of the molecule is CC(O)OCCOBOCCOC(C)O. The van der Waals surface area contributed by atoms with E-state index in [2.05, 4.69) is 0 Å². The molecule has 0 spiro atoms. The normalized spacial score (nSPS) is 14.9. The van der Waals surface area contributed by atoms with E-state index in [-0.39, 0.29) is 7.69 Å². The largest absolute Gasteiger partial charge is 0.438 e. The fourth-order valence-electron chi connectivity index (χ4n) is 0.732. The van der Waals surface area contributed by atoms with E-state index in [4.69, 9.17) is 29.0 Å². The van der Waals surface area contributed by atoms with Gasteiger partial charge in [0.15, 0.2) is 12.6 Å². The Balaban J connectivity index is 2.93. The zero-order chi connectivity index (χ0) is 11.5. The van der Waals surface area contributed by atoms with Crippen LogP contribution in [0, 0.1) is 0 Å². The summed E-state index contributed by atoms with van der Waals surface area (Å²) in [5, 5.41) is 17.5. The Bertz CT molecular complexity index is 118. The standard InChI is InChI=1S/C8H19BO6/c1-7(10)12-3-5-14-9-15-6-4-13-8(2)11/h7-11H,3-6H2,1-2H3. The van der Waals surface area contributed by atoms with E-state index in [9.17, 15) is 0 Å². The molecule has 0 amide bonds. The first-order valence-corrected chi connectivity index (χ1v) is 4.87. The van der Waals surface area contributed by atoms with Gasteiger partial charge in [0.2, 0.25) is 0 Å². The van der Waals surface area contributed by atoms with Crippen LogP contribution in [0.4, 0.5) is 0 Å². The Hall–Kier alpha value is -0.175. The van der Waals surface area contributed by atoms with Gasteiger partial charge in [-0.2, -0.15) is 0 Å². The lowest BCUT2D eigenvalue weighted by atomic mass is 10.4. The topological polar surface area (TPSA) is 77.4 Å². The highest BCUT2D eigenvalue weighted by molar-refractivity contribution is 6.17. The Morgan fingerprint density at radius 1 is 0.867 bits per heavy atom. The lowest BCUT2D eigenvalue weighted by Crippen LogP contribution is -2.17. The van der Waals surface area contributed by atoms with E-state index in [1.165, 1.54) is 13.8 Å². The molecule has 0 aromatic carbocycles. The minimum absolute atomic E-state index is 0.145. The summed E-state index contributed by atoms with van der Waals surface area (Å²) in [5.41, 5.74) is 0. The maximum atomic E-state index is 8.73. The van der Waals surface area contributed by atoms with Crippen molar-refractivity contribution in [1.82, 2.24) is 0 Å². The summed E-state index contributed by atoms with van der Waals surface area (Å²) in [6, 6.07) is 0. The van der Waals surface area contributed by atoms with Gasteiger partial charge < -0.3 is 29.0 Å². The summed E-state index contributed by atoms with van der Waals surface area (Å²) in [7, 11) is 0.145.